The number of aromatic nitrogens is 3. The van der Waals surface area contributed by atoms with Crippen LogP contribution in [0.2, 0.25) is 0 Å². The summed E-state index contributed by atoms with van der Waals surface area (Å²) in [6, 6.07) is 19.1. The van der Waals surface area contributed by atoms with Crippen LogP contribution in [-0.4, -0.2) is 20.7 Å². The molecule has 1 amide bonds. The van der Waals surface area contributed by atoms with E-state index in [2.05, 4.69) is 15.4 Å². The summed E-state index contributed by atoms with van der Waals surface area (Å²) in [7, 11) is 0. The summed E-state index contributed by atoms with van der Waals surface area (Å²) >= 11 is 0. The van der Waals surface area contributed by atoms with Crippen molar-refractivity contribution in [3.8, 4) is 17.1 Å². The molecule has 0 radical (unpaired) electrons. The van der Waals surface area contributed by atoms with Gasteiger partial charge in [0.05, 0.1) is 33.8 Å². The van der Waals surface area contributed by atoms with E-state index in [1.807, 2.05) is 50.2 Å². The minimum atomic E-state index is -0.352. The summed E-state index contributed by atoms with van der Waals surface area (Å²) in [6.45, 7) is 5.50. The fourth-order valence-electron chi connectivity index (χ4n) is 3.93. The Morgan fingerprint density at radius 2 is 1.82 bits per heavy atom. The number of amides is 1. The van der Waals surface area contributed by atoms with E-state index in [1.165, 1.54) is 12.1 Å². The molecule has 0 fully saturated rings. The van der Waals surface area contributed by atoms with Gasteiger partial charge in [0, 0.05) is 5.39 Å². The molecular formula is C26H21FN4O2. The summed E-state index contributed by atoms with van der Waals surface area (Å²) in [5, 5.41) is 8.24. The average Bonchev–Trinajstić information content (AvgIpc) is 3.36. The zero-order valence-corrected chi connectivity index (χ0v) is 18.4. The van der Waals surface area contributed by atoms with Crippen molar-refractivity contribution in [3.63, 3.8) is 0 Å². The first-order chi connectivity index (χ1) is 15.9. The van der Waals surface area contributed by atoms with E-state index in [1.54, 1.807) is 29.8 Å². The molecular weight excluding hydrogens is 419 g/mol. The van der Waals surface area contributed by atoms with Crippen LogP contribution < -0.4 is 5.32 Å². The van der Waals surface area contributed by atoms with Crippen molar-refractivity contribution < 1.29 is 13.6 Å². The molecule has 0 aliphatic rings. The van der Waals surface area contributed by atoms with Crippen molar-refractivity contribution in [2.75, 3.05) is 5.32 Å². The maximum absolute atomic E-state index is 13.7. The number of nitrogens with zero attached hydrogens (tertiary/aromatic N) is 3. The van der Waals surface area contributed by atoms with Crippen molar-refractivity contribution in [2.45, 2.75) is 20.8 Å². The van der Waals surface area contributed by atoms with Crippen LogP contribution in [0.3, 0.4) is 0 Å². The second-order valence-corrected chi connectivity index (χ2v) is 7.87. The largest absolute Gasteiger partial charge is 0.460 e. The van der Waals surface area contributed by atoms with Gasteiger partial charge in [0.2, 0.25) is 0 Å². The van der Waals surface area contributed by atoms with Crippen LogP contribution in [0.15, 0.2) is 71.1 Å². The van der Waals surface area contributed by atoms with E-state index in [9.17, 15) is 9.18 Å². The van der Waals surface area contributed by atoms with E-state index in [4.69, 9.17) is 4.42 Å². The zero-order chi connectivity index (χ0) is 23.1. The summed E-state index contributed by atoms with van der Waals surface area (Å²) < 4.78 is 21.1. The molecule has 1 N–H and O–H groups in total. The van der Waals surface area contributed by atoms with E-state index < -0.39 is 0 Å². The number of para-hydroxylation sites is 1. The van der Waals surface area contributed by atoms with Gasteiger partial charge in [-0.05, 0) is 63.2 Å². The number of halogens is 1. The molecule has 0 atom stereocenters. The number of aryl methyl sites for hydroxylation is 2. The molecule has 0 saturated carbocycles. The predicted molar refractivity (Wildman–Crippen MR) is 125 cm³/mol. The average molecular weight is 440 g/mol. The number of benzene rings is 2. The fraction of sp³-hybridized carbons (Fsp3) is 0.115. The molecule has 0 spiro atoms. The quantitative estimate of drug-likeness (QED) is 0.372. The lowest BCUT2D eigenvalue weighted by Crippen LogP contribution is -2.14. The molecule has 6 nitrogen and oxygen atoms in total. The first-order valence-electron chi connectivity index (χ1n) is 10.5. The first kappa shape index (κ1) is 20.6. The predicted octanol–water partition coefficient (Wildman–Crippen LogP) is 6.00. The minimum Gasteiger partial charge on any atom is -0.460 e. The van der Waals surface area contributed by atoms with Crippen LogP contribution in [-0.2, 0) is 0 Å². The van der Waals surface area contributed by atoms with Crippen LogP contribution in [0, 0.1) is 26.6 Å². The molecule has 164 valence electrons. The maximum atomic E-state index is 13.7. The third-order valence-electron chi connectivity index (χ3n) is 5.54. The number of hydrogen-bond acceptors (Lipinski definition) is 4. The number of pyridine rings is 1. The second-order valence-electron chi connectivity index (χ2n) is 7.87. The van der Waals surface area contributed by atoms with Gasteiger partial charge in [-0.15, -0.1) is 0 Å². The molecule has 3 heterocycles. The summed E-state index contributed by atoms with van der Waals surface area (Å²) in [5.74, 6) is 0.721. The molecule has 2 aromatic carbocycles. The maximum Gasteiger partial charge on any atom is 0.256 e. The Labute approximate surface area is 189 Å². The van der Waals surface area contributed by atoms with Crippen LogP contribution in [0.25, 0.3) is 28.0 Å². The monoisotopic (exact) mass is 440 g/mol. The van der Waals surface area contributed by atoms with Crippen LogP contribution in [0.5, 0.6) is 0 Å². The standard InChI is InChI=1S/C26H21FN4O2/c1-15-11-12-24(33-15)23-14-21(20-9-4-5-10-22(20)28-23)26(32)29-25-16(2)30-31(17(25)3)19-8-6-7-18(27)13-19/h4-14H,1-3H3,(H,29,32). The second kappa shape index (κ2) is 8.02. The third kappa shape index (κ3) is 3.78. The van der Waals surface area contributed by atoms with E-state index in [0.717, 1.165) is 11.1 Å². The van der Waals surface area contributed by atoms with Crippen molar-refractivity contribution >= 4 is 22.5 Å². The number of furan rings is 1. The van der Waals surface area contributed by atoms with Crippen molar-refractivity contribution in [2.24, 2.45) is 0 Å². The van der Waals surface area contributed by atoms with Crippen LogP contribution in [0.4, 0.5) is 10.1 Å². The van der Waals surface area contributed by atoms with Gasteiger partial charge in [-0.1, -0.05) is 24.3 Å². The highest BCUT2D eigenvalue weighted by Crippen LogP contribution is 2.28. The first-order valence-corrected chi connectivity index (χ1v) is 10.5. The van der Waals surface area contributed by atoms with Gasteiger partial charge in [0.1, 0.15) is 17.3 Å². The molecule has 0 unspecified atom stereocenters. The van der Waals surface area contributed by atoms with Crippen molar-refractivity contribution in [3.05, 3.63) is 95.3 Å². The van der Waals surface area contributed by atoms with Gasteiger partial charge in [-0.2, -0.15) is 5.10 Å². The topological polar surface area (TPSA) is 73.0 Å². The highest BCUT2D eigenvalue weighted by Gasteiger charge is 2.20. The van der Waals surface area contributed by atoms with E-state index in [0.29, 0.717) is 45.3 Å². The van der Waals surface area contributed by atoms with Gasteiger partial charge < -0.3 is 9.73 Å². The Balaban J connectivity index is 1.56. The Morgan fingerprint density at radius 3 is 2.58 bits per heavy atom. The lowest BCUT2D eigenvalue weighted by molar-refractivity contribution is 0.102. The molecule has 5 rings (SSSR count). The molecule has 33 heavy (non-hydrogen) atoms. The Kier molecular flexibility index (Phi) is 5.01. The van der Waals surface area contributed by atoms with E-state index in [-0.39, 0.29) is 11.7 Å². The number of rotatable bonds is 4. The Bertz CT molecular complexity index is 1520. The highest BCUT2D eigenvalue weighted by molar-refractivity contribution is 6.13. The van der Waals surface area contributed by atoms with Crippen molar-refractivity contribution in [1.82, 2.24) is 14.8 Å². The minimum absolute atomic E-state index is 0.289. The normalized spacial score (nSPS) is 11.2. The summed E-state index contributed by atoms with van der Waals surface area (Å²) in [4.78, 5) is 18.1. The Morgan fingerprint density at radius 1 is 1.00 bits per heavy atom. The molecule has 0 bridgehead atoms. The third-order valence-corrected chi connectivity index (χ3v) is 5.54. The molecule has 0 aliphatic carbocycles. The molecule has 0 aliphatic heterocycles. The lowest BCUT2D eigenvalue weighted by atomic mass is 10.1. The number of fused-ring (bicyclic) bond motifs is 1. The number of hydrogen-bond donors (Lipinski definition) is 1. The molecule has 3 aromatic heterocycles. The van der Waals surface area contributed by atoms with E-state index >= 15 is 0 Å². The fourth-order valence-corrected chi connectivity index (χ4v) is 3.93. The zero-order valence-electron chi connectivity index (χ0n) is 18.4. The number of nitrogens with one attached hydrogen (secondary N) is 1. The summed E-state index contributed by atoms with van der Waals surface area (Å²) in [6.07, 6.45) is 0. The van der Waals surface area contributed by atoms with Gasteiger partial charge in [0.15, 0.2) is 5.76 Å². The van der Waals surface area contributed by atoms with Crippen molar-refractivity contribution in [1.29, 1.82) is 0 Å². The van der Waals surface area contributed by atoms with Gasteiger partial charge in [-0.3, -0.25) is 4.79 Å². The van der Waals surface area contributed by atoms with Crippen LogP contribution in [0.1, 0.15) is 27.5 Å². The molecule has 0 saturated heterocycles. The van der Waals surface area contributed by atoms with Gasteiger partial charge in [0.25, 0.3) is 5.91 Å². The lowest BCUT2D eigenvalue weighted by Gasteiger charge is -2.10. The highest BCUT2D eigenvalue weighted by atomic mass is 19.1. The smallest absolute Gasteiger partial charge is 0.256 e. The number of carbonyl (C=O) groups excluding carboxylic acids is 1. The summed E-state index contributed by atoms with van der Waals surface area (Å²) in [5.41, 5.74) is 4.24. The number of anilines is 1. The molecule has 5 aromatic rings. The number of carbonyl (C=O) groups is 1. The van der Waals surface area contributed by atoms with Gasteiger partial charge >= 0.3 is 0 Å². The Hall–Kier alpha value is -4.26. The van der Waals surface area contributed by atoms with Crippen LogP contribution >= 0.6 is 0 Å². The molecule has 7 heteroatoms. The SMILES string of the molecule is Cc1ccc(-c2cc(C(=O)Nc3c(C)nn(-c4cccc(F)c4)c3C)c3ccccc3n2)o1. The van der Waals surface area contributed by atoms with Gasteiger partial charge in [-0.25, -0.2) is 14.1 Å².